The van der Waals surface area contributed by atoms with Gasteiger partial charge in [0.2, 0.25) is 5.91 Å². The quantitative estimate of drug-likeness (QED) is 0.925. The number of nitrogens with zero attached hydrogens (tertiary/aromatic N) is 3. The summed E-state index contributed by atoms with van der Waals surface area (Å²) < 4.78 is 1.82. The third kappa shape index (κ3) is 2.24. The van der Waals surface area contributed by atoms with Crippen LogP contribution < -0.4 is 0 Å². The van der Waals surface area contributed by atoms with Gasteiger partial charge in [-0.2, -0.15) is 0 Å². The van der Waals surface area contributed by atoms with Crippen LogP contribution >= 0.6 is 0 Å². The van der Waals surface area contributed by atoms with Crippen molar-refractivity contribution in [3.63, 3.8) is 0 Å². The molecule has 106 valence electrons. The third-order valence-corrected chi connectivity index (χ3v) is 3.30. The Morgan fingerprint density at radius 1 is 1.35 bits per heavy atom. The van der Waals surface area contributed by atoms with Gasteiger partial charge in [0.15, 0.2) is 0 Å². The number of aromatic nitrogens is 2. The number of hydrogen-bond acceptors (Lipinski definition) is 3. The highest BCUT2D eigenvalue weighted by Gasteiger charge is 2.21. The molecule has 0 bridgehead atoms. The first kappa shape index (κ1) is 14.0. The number of carbonyl (C=O) groups excluding carboxylic acids is 1. The lowest BCUT2D eigenvalue weighted by molar-refractivity contribution is -0.131. The number of aromatic carboxylic acids is 1. The molecular formula is C14H17N3O3. The largest absolute Gasteiger partial charge is 0.478 e. The average Bonchev–Trinajstić information content (AvgIpc) is 2.71. The highest BCUT2D eigenvalue weighted by molar-refractivity contribution is 5.93. The lowest BCUT2D eigenvalue weighted by Gasteiger charge is -2.19. The van der Waals surface area contributed by atoms with Gasteiger partial charge in [0.1, 0.15) is 11.9 Å². The van der Waals surface area contributed by atoms with Crippen molar-refractivity contribution in [2.45, 2.75) is 19.9 Å². The highest BCUT2D eigenvalue weighted by Crippen LogP contribution is 2.23. The molecule has 1 heterocycles. The standard InChI is InChI=1S/C14H17N3O3/c1-8(13(18)16(3)4)17-9(2)15-11-7-10(14(19)20)5-6-12(11)17/h5-8H,1-4H3,(H,19,20). The topological polar surface area (TPSA) is 75.4 Å². The number of carboxylic acids is 1. The van der Waals surface area contributed by atoms with Crippen molar-refractivity contribution in [1.29, 1.82) is 0 Å². The maximum absolute atomic E-state index is 12.1. The number of imidazole rings is 1. The van der Waals surface area contributed by atoms with Crippen LogP contribution in [0.25, 0.3) is 11.0 Å². The molecule has 1 atom stereocenters. The van der Waals surface area contributed by atoms with Crippen molar-refractivity contribution >= 4 is 22.9 Å². The number of likely N-dealkylation sites (N-methyl/N-ethyl adjacent to an activating group) is 1. The zero-order valence-corrected chi connectivity index (χ0v) is 11.9. The summed E-state index contributed by atoms with van der Waals surface area (Å²) in [7, 11) is 3.41. The van der Waals surface area contributed by atoms with E-state index in [-0.39, 0.29) is 17.5 Å². The molecule has 20 heavy (non-hydrogen) atoms. The van der Waals surface area contributed by atoms with Gasteiger partial charge >= 0.3 is 5.97 Å². The van der Waals surface area contributed by atoms with Crippen molar-refractivity contribution in [3.8, 4) is 0 Å². The molecule has 0 saturated heterocycles. The lowest BCUT2D eigenvalue weighted by Crippen LogP contribution is -2.30. The second-order valence-electron chi connectivity index (χ2n) is 4.95. The molecule has 1 aromatic carbocycles. The van der Waals surface area contributed by atoms with E-state index < -0.39 is 5.97 Å². The molecule has 1 aromatic heterocycles. The number of carboxylic acid groups (broad SMARTS) is 1. The molecule has 0 aliphatic heterocycles. The molecule has 6 nitrogen and oxygen atoms in total. The van der Waals surface area contributed by atoms with E-state index in [1.54, 1.807) is 27.1 Å². The lowest BCUT2D eigenvalue weighted by atomic mass is 10.2. The molecule has 6 heteroatoms. The SMILES string of the molecule is Cc1nc2cc(C(=O)O)ccc2n1C(C)C(=O)N(C)C. The Balaban J connectivity index is 2.57. The Labute approximate surface area is 116 Å². The van der Waals surface area contributed by atoms with Crippen molar-refractivity contribution < 1.29 is 14.7 Å². The first-order valence-electron chi connectivity index (χ1n) is 6.26. The van der Waals surface area contributed by atoms with Gasteiger partial charge in [0.05, 0.1) is 16.6 Å². The fourth-order valence-electron chi connectivity index (χ4n) is 2.33. The predicted molar refractivity (Wildman–Crippen MR) is 74.8 cm³/mol. The van der Waals surface area contributed by atoms with Crippen LogP contribution in [0.5, 0.6) is 0 Å². The van der Waals surface area contributed by atoms with Gasteiger partial charge in [-0.3, -0.25) is 4.79 Å². The summed E-state index contributed by atoms with van der Waals surface area (Å²) in [6.07, 6.45) is 0. The fourth-order valence-corrected chi connectivity index (χ4v) is 2.33. The maximum atomic E-state index is 12.1. The average molecular weight is 275 g/mol. The minimum atomic E-state index is -0.989. The smallest absolute Gasteiger partial charge is 0.335 e. The zero-order valence-electron chi connectivity index (χ0n) is 11.9. The van der Waals surface area contributed by atoms with Crippen LogP contribution in [0.1, 0.15) is 29.1 Å². The number of rotatable bonds is 3. The van der Waals surface area contributed by atoms with Crippen LogP contribution in [-0.2, 0) is 4.79 Å². The van der Waals surface area contributed by atoms with Crippen LogP contribution in [0, 0.1) is 6.92 Å². The van der Waals surface area contributed by atoms with E-state index in [4.69, 9.17) is 5.11 Å². The molecule has 0 saturated carbocycles. The summed E-state index contributed by atoms with van der Waals surface area (Å²) in [6.45, 7) is 3.61. The highest BCUT2D eigenvalue weighted by atomic mass is 16.4. The molecule has 0 radical (unpaired) electrons. The molecule has 1 amide bonds. The minimum absolute atomic E-state index is 0.0327. The number of fused-ring (bicyclic) bond motifs is 1. The van der Waals surface area contributed by atoms with E-state index >= 15 is 0 Å². The van der Waals surface area contributed by atoms with Crippen molar-refractivity contribution in [1.82, 2.24) is 14.5 Å². The van der Waals surface area contributed by atoms with Crippen molar-refractivity contribution in [2.24, 2.45) is 0 Å². The normalized spacial score (nSPS) is 12.4. The Hall–Kier alpha value is -2.37. The molecule has 1 N–H and O–H groups in total. The van der Waals surface area contributed by atoms with Gasteiger partial charge in [-0.1, -0.05) is 0 Å². The van der Waals surface area contributed by atoms with Gasteiger partial charge in [-0.15, -0.1) is 0 Å². The van der Waals surface area contributed by atoms with Gasteiger partial charge in [-0.25, -0.2) is 9.78 Å². The number of hydrogen-bond donors (Lipinski definition) is 1. The van der Waals surface area contributed by atoms with Crippen LogP contribution in [0.15, 0.2) is 18.2 Å². The molecule has 1 unspecified atom stereocenters. The maximum Gasteiger partial charge on any atom is 0.335 e. The second kappa shape index (κ2) is 4.96. The summed E-state index contributed by atoms with van der Waals surface area (Å²) in [4.78, 5) is 28.9. The Bertz CT molecular complexity index is 688. The second-order valence-corrected chi connectivity index (χ2v) is 4.95. The third-order valence-electron chi connectivity index (χ3n) is 3.30. The summed E-state index contributed by atoms with van der Waals surface area (Å²) >= 11 is 0. The summed E-state index contributed by atoms with van der Waals surface area (Å²) in [6, 6.07) is 4.35. The minimum Gasteiger partial charge on any atom is -0.478 e. The van der Waals surface area contributed by atoms with Crippen molar-refractivity contribution in [2.75, 3.05) is 14.1 Å². The van der Waals surface area contributed by atoms with Gasteiger partial charge in [0.25, 0.3) is 0 Å². The van der Waals surface area contributed by atoms with E-state index in [0.29, 0.717) is 11.3 Å². The fraction of sp³-hybridized carbons (Fsp3) is 0.357. The van der Waals surface area contributed by atoms with E-state index in [2.05, 4.69) is 4.98 Å². The van der Waals surface area contributed by atoms with Crippen LogP contribution in [-0.4, -0.2) is 45.5 Å². The first-order chi connectivity index (χ1) is 9.32. The molecule has 0 aliphatic carbocycles. The van der Waals surface area contributed by atoms with Gasteiger partial charge in [-0.05, 0) is 32.0 Å². The van der Waals surface area contributed by atoms with Gasteiger partial charge in [0, 0.05) is 14.1 Å². The first-order valence-corrected chi connectivity index (χ1v) is 6.26. The summed E-state index contributed by atoms with van der Waals surface area (Å²) in [5.41, 5.74) is 1.53. The predicted octanol–water partition coefficient (Wildman–Crippen LogP) is 1.69. The number of amides is 1. The Morgan fingerprint density at radius 2 is 2.00 bits per heavy atom. The van der Waals surface area contributed by atoms with Crippen molar-refractivity contribution in [3.05, 3.63) is 29.6 Å². The van der Waals surface area contributed by atoms with E-state index in [9.17, 15) is 9.59 Å². The summed E-state index contributed by atoms with van der Waals surface area (Å²) in [5.74, 6) is -0.337. The molecule has 2 aromatic rings. The summed E-state index contributed by atoms with van der Waals surface area (Å²) in [5, 5.41) is 9.00. The Kier molecular flexibility index (Phi) is 3.48. The van der Waals surface area contributed by atoms with Gasteiger partial charge < -0.3 is 14.6 Å². The number of aryl methyl sites for hydroxylation is 1. The van der Waals surface area contributed by atoms with E-state index in [1.165, 1.54) is 17.0 Å². The van der Waals surface area contributed by atoms with E-state index in [0.717, 1.165) is 5.52 Å². The molecule has 0 aliphatic rings. The molecule has 2 rings (SSSR count). The molecular weight excluding hydrogens is 258 g/mol. The molecule has 0 spiro atoms. The van der Waals surface area contributed by atoms with Crippen LogP contribution in [0.3, 0.4) is 0 Å². The number of carbonyl (C=O) groups is 2. The number of benzene rings is 1. The monoisotopic (exact) mass is 275 g/mol. The van der Waals surface area contributed by atoms with Crippen LogP contribution in [0.2, 0.25) is 0 Å². The molecule has 0 fully saturated rings. The Morgan fingerprint density at radius 3 is 2.55 bits per heavy atom. The zero-order chi connectivity index (χ0) is 15.0. The van der Waals surface area contributed by atoms with Crippen LogP contribution in [0.4, 0.5) is 0 Å². The van der Waals surface area contributed by atoms with E-state index in [1.807, 2.05) is 11.5 Å².